The number of nitrogens with zero attached hydrogens (tertiary/aromatic N) is 4. The quantitative estimate of drug-likeness (QED) is 0.918. The van der Waals surface area contributed by atoms with E-state index >= 15 is 0 Å². The number of rotatable bonds is 2. The Labute approximate surface area is 110 Å². The standard InChI is InChI=1S/C9H7BrClN5O/c1-16-14-9(13-15-16)12-8(17)6-4-5(11)2-3-7(6)10/h2-4H,1H3,(H,12,14,17). The van der Waals surface area contributed by atoms with Gasteiger partial charge in [-0.2, -0.15) is 4.80 Å². The minimum absolute atomic E-state index is 0.143. The number of carbonyl (C=O) groups is 1. The highest BCUT2D eigenvalue weighted by Crippen LogP contribution is 2.21. The Morgan fingerprint density at radius 1 is 1.53 bits per heavy atom. The van der Waals surface area contributed by atoms with Crippen LogP contribution in [0.5, 0.6) is 0 Å². The maximum atomic E-state index is 11.9. The molecule has 0 aliphatic rings. The molecule has 0 fully saturated rings. The summed E-state index contributed by atoms with van der Waals surface area (Å²) in [5.74, 6) is -0.211. The van der Waals surface area contributed by atoms with Crippen LogP contribution >= 0.6 is 27.5 Å². The molecule has 0 saturated heterocycles. The third-order valence-corrected chi connectivity index (χ3v) is 2.83. The highest BCUT2D eigenvalue weighted by atomic mass is 79.9. The number of anilines is 1. The number of aromatic nitrogens is 4. The molecule has 1 aromatic heterocycles. The molecule has 0 aliphatic carbocycles. The van der Waals surface area contributed by atoms with Gasteiger partial charge in [0.25, 0.3) is 11.9 Å². The van der Waals surface area contributed by atoms with Crippen LogP contribution < -0.4 is 5.32 Å². The zero-order valence-corrected chi connectivity index (χ0v) is 11.0. The summed E-state index contributed by atoms with van der Waals surface area (Å²) >= 11 is 9.09. The second-order valence-corrected chi connectivity index (χ2v) is 4.47. The lowest BCUT2D eigenvalue weighted by atomic mass is 10.2. The van der Waals surface area contributed by atoms with Crippen LogP contribution in [0.25, 0.3) is 0 Å². The third-order valence-electron chi connectivity index (χ3n) is 1.91. The first kappa shape index (κ1) is 12.0. The van der Waals surface area contributed by atoms with E-state index in [0.717, 1.165) is 0 Å². The predicted molar refractivity (Wildman–Crippen MR) is 65.9 cm³/mol. The van der Waals surface area contributed by atoms with Gasteiger partial charge in [0.15, 0.2) is 0 Å². The average Bonchev–Trinajstić information content (AvgIpc) is 2.67. The van der Waals surface area contributed by atoms with E-state index in [9.17, 15) is 4.79 Å². The minimum atomic E-state index is -0.354. The van der Waals surface area contributed by atoms with E-state index in [0.29, 0.717) is 15.1 Å². The Morgan fingerprint density at radius 2 is 2.29 bits per heavy atom. The molecule has 0 spiro atoms. The highest BCUT2D eigenvalue weighted by Gasteiger charge is 2.13. The number of nitrogens with one attached hydrogen (secondary N) is 1. The molecule has 6 nitrogen and oxygen atoms in total. The topological polar surface area (TPSA) is 72.7 Å². The lowest BCUT2D eigenvalue weighted by Gasteiger charge is -2.03. The van der Waals surface area contributed by atoms with Crippen LogP contribution in [0.3, 0.4) is 0 Å². The van der Waals surface area contributed by atoms with Gasteiger partial charge in [0.2, 0.25) is 0 Å². The number of hydrogen-bond acceptors (Lipinski definition) is 4. The normalized spacial score (nSPS) is 10.3. The largest absolute Gasteiger partial charge is 0.288 e. The van der Waals surface area contributed by atoms with E-state index in [-0.39, 0.29) is 11.9 Å². The van der Waals surface area contributed by atoms with E-state index in [1.165, 1.54) is 4.80 Å². The summed E-state index contributed by atoms with van der Waals surface area (Å²) in [6, 6.07) is 4.93. The first-order chi connectivity index (χ1) is 8.06. The zero-order valence-electron chi connectivity index (χ0n) is 8.69. The average molecular weight is 317 g/mol. The van der Waals surface area contributed by atoms with Crippen molar-refractivity contribution < 1.29 is 4.79 Å². The van der Waals surface area contributed by atoms with E-state index in [1.54, 1.807) is 25.2 Å². The van der Waals surface area contributed by atoms with Crippen LogP contribution in [0.4, 0.5) is 5.95 Å². The molecular weight excluding hydrogens is 309 g/mol. The summed E-state index contributed by atoms with van der Waals surface area (Å²) in [5.41, 5.74) is 0.407. The summed E-state index contributed by atoms with van der Waals surface area (Å²) in [6.07, 6.45) is 0. The summed E-state index contributed by atoms with van der Waals surface area (Å²) in [6.45, 7) is 0. The van der Waals surface area contributed by atoms with Gasteiger partial charge in [0.1, 0.15) is 0 Å². The van der Waals surface area contributed by atoms with Gasteiger partial charge < -0.3 is 0 Å². The molecule has 1 aromatic carbocycles. The van der Waals surface area contributed by atoms with Gasteiger partial charge >= 0.3 is 0 Å². The van der Waals surface area contributed by atoms with Crippen LogP contribution in [0.2, 0.25) is 5.02 Å². The number of tetrazole rings is 1. The molecule has 8 heteroatoms. The van der Waals surface area contributed by atoms with E-state index in [4.69, 9.17) is 11.6 Å². The maximum Gasteiger partial charge on any atom is 0.270 e. The summed E-state index contributed by atoms with van der Waals surface area (Å²) < 4.78 is 0.642. The molecule has 0 radical (unpaired) electrons. The molecule has 0 aliphatic heterocycles. The number of halogens is 2. The van der Waals surface area contributed by atoms with Gasteiger partial charge in [-0.05, 0) is 39.3 Å². The van der Waals surface area contributed by atoms with Crippen molar-refractivity contribution in [3.63, 3.8) is 0 Å². The third kappa shape index (κ3) is 2.80. The smallest absolute Gasteiger partial charge is 0.270 e. The first-order valence-electron chi connectivity index (χ1n) is 4.56. The second-order valence-electron chi connectivity index (χ2n) is 3.18. The Hall–Kier alpha value is -1.47. The Kier molecular flexibility index (Phi) is 3.39. The van der Waals surface area contributed by atoms with Gasteiger partial charge in [-0.3, -0.25) is 10.1 Å². The molecule has 88 valence electrons. The number of aryl methyl sites for hydroxylation is 1. The molecule has 0 bridgehead atoms. The minimum Gasteiger partial charge on any atom is -0.288 e. The van der Waals surface area contributed by atoms with Gasteiger partial charge in [-0.15, -0.1) is 5.10 Å². The fourth-order valence-corrected chi connectivity index (χ4v) is 1.77. The molecule has 1 N–H and O–H groups in total. The summed E-state index contributed by atoms with van der Waals surface area (Å²) in [4.78, 5) is 13.1. The number of amides is 1. The highest BCUT2D eigenvalue weighted by molar-refractivity contribution is 9.10. The van der Waals surface area contributed by atoms with Crippen LogP contribution in [-0.4, -0.2) is 26.1 Å². The summed E-state index contributed by atoms with van der Waals surface area (Å²) in [5, 5.41) is 14.1. The predicted octanol–water partition coefficient (Wildman–Crippen LogP) is 1.88. The van der Waals surface area contributed by atoms with Gasteiger partial charge in [-0.25, -0.2) is 0 Å². The fourth-order valence-electron chi connectivity index (χ4n) is 1.17. The van der Waals surface area contributed by atoms with Gasteiger partial charge in [0.05, 0.1) is 12.6 Å². The molecule has 1 amide bonds. The van der Waals surface area contributed by atoms with E-state index < -0.39 is 0 Å². The van der Waals surface area contributed by atoms with Crippen molar-refractivity contribution in [2.45, 2.75) is 0 Å². The number of carbonyl (C=O) groups excluding carboxylic acids is 1. The van der Waals surface area contributed by atoms with Crippen LogP contribution in [0, 0.1) is 0 Å². The molecule has 2 rings (SSSR count). The van der Waals surface area contributed by atoms with E-state index in [1.807, 2.05) is 0 Å². The summed E-state index contributed by atoms with van der Waals surface area (Å²) in [7, 11) is 1.61. The molecule has 2 aromatic rings. The van der Waals surface area contributed by atoms with Crippen molar-refractivity contribution in [3.8, 4) is 0 Å². The van der Waals surface area contributed by atoms with Crippen molar-refractivity contribution in [2.24, 2.45) is 7.05 Å². The molecule has 17 heavy (non-hydrogen) atoms. The molecular formula is C9H7BrClN5O. The Morgan fingerprint density at radius 3 is 2.94 bits per heavy atom. The lowest BCUT2D eigenvalue weighted by Crippen LogP contribution is -2.14. The van der Waals surface area contributed by atoms with Crippen molar-refractivity contribution >= 4 is 39.4 Å². The van der Waals surface area contributed by atoms with Crippen molar-refractivity contribution in [3.05, 3.63) is 33.3 Å². The number of hydrogen-bond donors (Lipinski definition) is 1. The van der Waals surface area contributed by atoms with Crippen LogP contribution in [-0.2, 0) is 7.05 Å². The van der Waals surface area contributed by atoms with Crippen molar-refractivity contribution in [1.29, 1.82) is 0 Å². The molecule has 0 unspecified atom stereocenters. The monoisotopic (exact) mass is 315 g/mol. The Balaban J connectivity index is 2.22. The molecule has 1 heterocycles. The van der Waals surface area contributed by atoms with Gasteiger partial charge in [-0.1, -0.05) is 16.7 Å². The first-order valence-corrected chi connectivity index (χ1v) is 5.74. The SMILES string of the molecule is Cn1nnc(NC(=O)c2cc(Cl)ccc2Br)n1. The zero-order chi connectivity index (χ0) is 12.4. The van der Waals surface area contributed by atoms with Crippen LogP contribution in [0.15, 0.2) is 22.7 Å². The second kappa shape index (κ2) is 4.80. The Bertz CT molecular complexity index is 570. The van der Waals surface area contributed by atoms with Gasteiger partial charge in [0, 0.05) is 9.50 Å². The van der Waals surface area contributed by atoms with Crippen molar-refractivity contribution in [2.75, 3.05) is 5.32 Å². The molecule has 0 saturated carbocycles. The van der Waals surface area contributed by atoms with E-state index in [2.05, 4.69) is 36.7 Å². The van der Waals surface area contributed by atoms with Crippen LogP contribution in [0.1, 0.15) is 10.4 Å². The molecule has 0 atom stereocenters. The number of benzene rings is 1. The fraction of sp³-hybridized carbons (Fsp3) is 0.111. The van der Waals surface area contributed by atoms with Crippen molar-refractivity contribution in [1.82, 2.24) is 20.2 Å². The lowest BCUT2D eigenvalue weighted by molar-refractivity contribution is 0.102. The maximum absolute atomic E-state index is 11.9.